The smallest absolute Gasteiger partial charge is 0.243 e. The number of thiophene rings is 1. The second kappa shape index (κ2) is 5.28. The van der Waals surface area contributed by atoms with Crippen LogP contribution in [0.4, 0.5) is 0 Å². The van der Waals surface area contributed by atoms with E-state index < -0.39 is 10.0 Å². The van der Waals surface area contributed by atoms with Crippen LogP contribution in [-0.2, 0) is 16.6 Å². The van der Waals surface area contributed by atoms with E-state index in [9.17, 15) is 8.42 Å². The first-order valence-electron chi connectivity index (χ1n) is 6.17. The molecule has 1 N–H and O–H groups in total. The summed E-state index contributed by atoms with van der Waals surface area (Å²) in [5.74, 6) is 0.542. The lowest BCUT2D eigenvalue weighted by Gasteiger charge is -2.23. The maximum absolute atomic E-state index is 12.4. The summed E-state index contributed by atoms with van der Waals surface area (Å²) in [6.45, 7) is 2.71. The van der Waals surface area contributed by atoms with Crippen LogP contribution in [0.25, 0.3) is 0 Å². The molecule has 0 radical (unpaired) electrons. The molecule has 1 unspecified atom stereocenters. The largest absolute Gasteiger partial charge is 0.315 e. The monoisotopic (exact) mass is 288 g/mol. The van der Waals surface area contributed by atoms with Crippen molar-refractivity contribution < 1.29 is 8.42 Å². The molecule has 1 aliphatic carbocycles. The molecule has 18 heavy (non-hydrogen) atoms. The highest BCUT2D eigenvalue weighted by molar-refractivity contribution is 7.89. The first-order valence-corrected chi connectivity index (χ1v) is 8.49. The lowest BCUT2D eigenvalue weighted by atomic mass is 10.2. The van der Waals surface area contributed by atoms with Crippen LogP contribution in [0.3, 0.4) is 0 Å². The number of hydrogen-bond donors (Lipinski definition) is 1. The van der Waals surface area contributed by atoms with Gasteiger partial charge in [-0.15, -0.1) is 11.3 Å². The fourth-order valence-electron chi connectivity index (χ4n) is 2.02. The van der Waals surface area contributed by atoms with Gasteiger partial charge in [0.2, 0.25) is 10.0 Å². The average molecular weight is 288 g/mol. The Morgan fingerprint density at radius 3 is 2.78 bits per heavy atom. The van der Waals surface area contributed by atoms with E-state index in [4.69, 9.17) is 0 Å². The minimum Gasteiger partial charge on any atom is -0.315 e. The van der Waals surface area contributed by atoms with E-state index in [2.05, 4.69) is 5.32 Å². The highest BCUT2D eigenvalue weighted by atomic mass is 32.2. The first-order chi connectivity index (χ1) is 8.46. The van der Waals surface area contributed by atoms with Gasteiger partial charge in [0.15, 0.2) is 0 Å². The van der Waals surface area contributed by atoms with Crippen molar-refractivity contribution in [1.82, 2.24) is 9.62 Å². The van der Waals surface area contributed by atoms with E-state index in [1.807, 2.05) is 14.0 Å². The Bertz CT molecular complexity index is 506. The van der Waals surface area contributed by atoms with Crippen LogP contribution in [0, 0.1) is 5.92 Å². The van der Waals surface area contributed by atoms with Crippen molar-refractivity contribution in [3.05, 3.63) is 16.3 Å². The SMILES string of the molecule is CNCc1cc(S(=O)(=O)N(C)C(C)C2CC2)cs1. The molecule has 0 spiro atoms. The number of rotatable bonds is 6. The zero-order valence-corrected chi connectivity index (χ0v) is 12.6. The molecule has 2 rings (SSSR count). The summed E-state index contributed by atoms with van der Waals surface area (Å²) in [7, 11) is 0.220. The quantitative estimate of drug-likeness (QED) is 0.869. The molecule has 1 aromatic rings. The molecule has 1 atom stereocenters. The van der Waals surface area contributed by atoms with Crippen molar-refractivity contribution in [3.8, 4) is 0 Å². The molecule has 4 nitrogen and oxygen atoms in total. The highest BCUT2D eigenvalue weighted by Crippen LogP contribution is 2.36. The highest BCUT2D eigenvalue weighted by Gasteiger charge is 2.36. The van der Waals surface area contributed by atoms with Gasteiger partial charge in [0.25, 0.3) is 0 Å². The molecule has 0 bridgehead atoms. The Kier molecular flexibility index (Phi) is 4.11. The van der Waals surface area contributed by atoms with Gasteiger partial charge in [-0.25, -0.2) is 8.42 Å². The molecule has 1 saturated carbocycles. The van der Waals surface area contributed by atoms with Crippen LogP contribution >= 0.6 is 11.3 Å². The van der Waals surface area contributed by atoms with Crippen LogP contribution in [0.1, 0.15) is 24.6 Å². The van der Waals surface area contributed by atoms with E-state index in [1.54, 1.807) is 18.5 Å². The van der Waals surface area contributed by atoms with Crippen LogP contribution in [0.5, 0.6) is 0 Å². The Morgan fingerprint density at radius 1 is 1.56 bits per heavy atom. The maximum atomic E-state index is 12.4. The molecule has 0 amide bonds. The number of nitrogens with zero attached hydrogens (tertiary/aromatic N) is 1. The second-order valence-corrected chi connectivity index (χ2v) is 7.87. The van der Waals surface area contributed by atoms with Crippen LogP contribution in [-0.4, -0.2) is 32.9 Å². The topological polar surface area (TPSA) is 49.4 Å². The fourth-order valence-corrected chi connectivity index (χ4v) is 4.72. The Hall–Kier alpha value is -0.430. The summed E-state index contributed by atoms with van der Waals surface area (Å²) in [6, 6.07) is 1.87. The summed E-state index contributed by atoms with van der Waals surface area (Å²) in [4.78, 5) is 1.47. The average Bonchev–Trinajstić information content (AvgIpc) is 3.07. The van der Waals surface area contributed by atoms with Gasteiger partial charge in [0.05, 0.1) is 4.90 Å². The van der Waals surface area contributed by atoms with Gasteiger partial charge < -0.3 is 5.32 Å². The predicted molar refractivity (Wildman–Crippen MR) is 74.2 cm³/mol. The summed E-state index contributed by atoms with van der Waals surface area (Å²) >= 11 is 1.49. The maximum Gasteiger partial charge on any atom is 0.243 e. The first kappa shape index (κ1) is 14.0. The van der Waals surface area contributed by atoms with E-state index in [0.717, 1.165) is 17.7 Å². The molecular weight excluding hydrogens is 268 g/mol. The molecule has 0 aromatic carbocycles. The molecule has 1 fully saturated rings. The van der Waals surface area contributed by atoms with Crippen molar-refractivity contribution in [3.63, 3.8) is 0 Å². The third-order valence-electron chi connectivity index (χ3n) is 3.54. The predicted octanol–water partition coefficient (Wildman–Crippen LogP) is 1.89. The van der Waals surface area contributed by atoms with E-state index in [-0.39, 0.29) is 6.04 Å². The van der Waals surface area contributed by atoms with Crippen molar-refractivity contribution in [2.45, 2.75) is 37.2 Å². The van der Waals surface area contributed by atoms with Gasteiger partial charge in [0.1, 0.15) is 0 Å². The van der Waals surface area contributed by atoms with Gasteiger partial charge >= 0.3 is 0 Å². The number of nitrogens with one attached hydrogen (secondary N) is 1. The van der Waals surface area contributed by atoms with Crippen molar-refractivity contribution in [2.75, 3.05) is 14.1 Å². The molecule has 0 aliphatic heterocycles. The standard InChI is InChI=1S/C12H20N2O2S2/c1-9(10-4-5-10)14(3)18(15,16)12-6-11(7-13-2)17-8-12/h6,8-10,13H,4-5,7H2,1-3H3. The second-order valence-electron chi connectivity index (χ2n) is 4.88. The van der Waals surface area contributed by atoms with E-state index >= 15 is 0 Å². The van der Waals surface area contributed by atoms with Gasteiger partial charge in [-0.3, -0.25) is 0 Å². The van der Waals surface area contributed by atoms with E-state index in [1.165, 1.54) is 15.6 Å². The lowest BCUT2D eigenvalue weighted by molar-refractivity contribution is 0.357. The summed E-state index contributed by atoms with van der Waals surface area (Å²) in [6.07, 6.45) is 2.30. The third-order valence-corrected chi connectivity index (χ3v) is 6.54. The van der Waals surface area contributed by atoms with Crippen molar-refractivity contribution in [2.24, 2.45) is 5.92 Å². The van der Waals surface area contributed by atoms with Gasteiger partial charge in [-0.2, -0.15) is 4.31 Å². The molecule has 1 aromatic heterocycles. The summed E-state index contributed by atoms with van der Waals surface area (Å²) in [5.41, 5.74) is 0. The normalized spacial score (nSPS) is 18.2. The summed E-state index contributed by atoms with van der Waals surface area (Å²) < 4.78 is 26.4. The summed E-state index contributed by atoms with van der Waals surface area (Å²) in [5, 5.41) is 4.77. The Balaban J connectivity index is 2.17. The van der Waals surface area contributed by atoms with Crippen molar-refractivity contribution >= 4 is 21.4 Å². The zero-order valence-electron chi connectivity index (χ0n) is 11.0. The Labute approximate surface area is 113 Å². The van der Waals surface area contributed by atoms with Crippen LogP contribution in [0.15, 0.2) is 16.3 Å². The molecule has 102 valence electrons. The third kappa shape index (κ3) is 2.77. The zero-order chi connectivity index (χ0) is 13.3. The number of sulfonamides is 1. The molecule has 0 saturated heterocycles. The van der Waals surface area contributed by atoms with Gasteiger partial charge in [-0.05, 0) is 38.8 Å². The minimum absolute atomic E-state index is 0.0997. The Morgan fingerprint density at radius 2 is 2.22 bits per heavy atom. The molecule has 6 heteroatoms. The van der Waals surface area contributed by atoms with Gasteiger partial charge in [-0.1, -0.05) is 0 Å². The van der Waals surface area contributed by atoms with E-state index in [0.29, 0.717) is 17.4 Å². The molecule has 1 heterocycles. The molecule has 1 aliphatic rings. The lowest BCUT2D eigenvalue weighted by Crippen LogP contribution is -2.36. The van der Waals surface area contributed by atoms with Crippen LogP contribution in [0.2, 0.25) is 0 Å². The van der Waals surface area contributed by atoms with Gasteiger partial charge in [0, 0.05) is 29.9 Å². The fraction of sp³-hybridized carbons (Fsp3) is 0.667. The van der Waals surface area contributed by atoms with Crippen LogP contribution < -0.4 is 5.32 Å². The number of hydrogen-bond acceptors (Lipinski definition) is 4. The molecular formula is C12H20N2O2S2. The minimum atomic E-state index is -3.32. The van der Waals surface area contributed by atoms with Crippen molar-refractivity contribution in [1.29, 1.82) is 0 Å².